The van der Waals surface area contributed by atoms with Gasteiger partial charge in [-0.05, 0) is 43.8 Å². The molecule has 1 unspecified atom stereocenters. The van der Waals surface area contributed by atoms with E-state index in [4.69, 9.17) is 0 Å². The van der Waals surface area contributed by atoms with Crippen molar-refractivity contribution in [1.82, 2.24) is 24.7 Å². The van der Waals surface area contributed by atoms with E-state index in [-0.39, 0.29) is 5.91 Å². The van der Waals surface area contributed by atoms with Crippen LogP contribution >= 0.6 is 11.5 Å². The number of nitrogens with zero attached hydrogens (tertiary/aromatic N) is 4. The quantitative estimate of drug-likeness (QED) is 0.885. The van der Waals surface area contributed by atoms with Crippen LogP contribution in [0, 0.1) is 19.8 Å². The summed E-state index contributed by atoms with van der Waals surface area (Å²) in [4.78, 5) is 12.7. The first-order valence-corrected chi connectivity index (χ1v) is 7.89. The number of carbonyl (C=O) groups is 1. The molecule has 1 amide bonds. The molecule has 2 rings (SSSR count). The maximum absolute atomic E-state index is 12.1. The monoisotopic (exact) mass is 307 g/mol. The van der Waals surface area contributed by atoms with Crippen molar-refractivity contribution in [3.05, 3.63) is 28.0 Å². The molecular formula is C14H21N5OS. The fourth-order valence-corrected chi connectivity index (χ4v) is 2.85. The number of carbonyl (C=O) groups excluding carboxylic acids is 1. The fourth-order valence-electron chi connectivity index (χ4n) is 2.18. The second-order valence-electron chi connectivity index (χ2n) is 5.33. The van der Waals surface area contributed by atoms with Gasteiger partial charge in [0.25, 0.3) is 5.91 Å². The number of nitrogens with one attached hydrogen (secondary N) is 1. The van der Waals surface area contributed by atoms with Crippen LogP contribution in [0.1, 0.15) is 40.6 Å². The van der Waals surface area contributed by atoms with E-state index in [1.165, 1.54) is 0 Å². The number of amides is 1. The lowest BCUT2D eigenvalue weighted by Crippen LogP contribution is -2.30. The Morgan fingerprint density at radius 3 is 2.86 bits per heavy atom. The van der Waals surface area contributed by atoms with Crippen molar-refractivity contribution in [2.45, 2.75) is 40.7 Å². The van der Waals surface area contributed by atoms with E-state index < -0.39 is 0 Å². The van der Waals surface area contributed by atoms with E-state index in [2.05, 4.69) is 33.0 Å². The molecule has 0 saturated carbocycles. The Morgan fingerprint density at radius 2 is 2.24 bits per heavy atom. The second-order valence-corrected chi connectivity index (χ2v) is 6.08. The molecule has 6 nitrogen and oxygen atoms in total. The van der Waals surface area contributed by atoms with Crippen LogP contribution in [0.5, 0.6) is 0 Å². The van der Waals surface area contributed by atoms with Crippen LogP contribution in [0.2, 0.25) is 0 Å². The Hall–Kier alpha value is -1.76. The van der Waals surface area contributed by atoms with Gasteiger partial charge in [-0.25, -0.2) is 0 Å². The summed E-state index contributed by atoms with van der Waals surface area (Å²) in [6.45, 7) is 9.50. The highest BCUT2D eigenvalue weighted by molar-refractivity contribution is 7.08. The van der Waals surface area contributed by atoms with Crippen LogP contribution in [-0.4, -0.2) is 31.8 Å². The summed E-state index contributed by atoms with van der Waals surface area (Å²) in [6.07, 6.45) is 0.723. The highest BCUT2D eigenvalue weighted by atomic mass is 32.1. The van der Waals surface area contributed by atoms with Crippen LogP contribution in [0.4, 0.5) is 0 Å². The van der Waals surface area contributed by atoms with Gasteiger partial charge < -0.3 is 5.32 Å². The lowest BCUT2D eigenvalue weighted by molar-refractivity contribution is 0.0949. The molecule has 2 aromatic rings. The number of aryl methyl sites for hydroxylation is 3. The Bertz CT molecular complexity index is 619. The third-order valence-corrected chi connectivity index (χ3v) is 4.06. The first-order valence-electron chi connectivity index (χ1n) is 7.11. The third-order valence-electron chi connectivity index (χ3n) is 3.30. The van der Waals surface area contributed by atoms with Gasteiger partial charge >= 0.3 is 0 Å². The number of hydrogen-bond donors (Lipinski definition) is 1. The topological polar surface area (TPSA) is 72.7 Å². The Labute approximate surface area is 128 Å². The first-order chi connectivity index (χ1) is 10.0. The maximum atomic E-state index is 12.1. The zero-order chi connectivity index (χ0) is 15.4. The van der Waals surface area contributed by atoms with E-state index in [0.717, 1.165) is 41.6 Å². The molecule has 0 bridgehead atoms. The first kappa shape index (κ1) is 15.6. The smallest absolute Gasteiger partial charge is 0.264 e. The summed E-state index contributed by atoms with van der Waals surface area (Å²) < 4.78 is 5.82. The predicted octanol–water partition coefficient (Wildman–Crippen LogP) is 1.98. The molecule has 0 aromatic carbocycles. The van der Waals surface area contributed by atoms with Gasteiger partial charge in [0.2, 0.25) is 0 Å². The molecule has 0 aliphatic carbocycles. The Balaban J connectivity index is 1.88. The molecule has 2 heterocycles. The van der Waals surface area contributed by atoms with E-state index in [0.29, 0.717) is 17.3 Å². The number of rotatable bonds is 6. The van der Waals surface area contributed by atoms with Crippen molar-refractivity contribution in [3.8, 4) is 0 Å². The molecule has 0 radical (unpaired) electrons. The van der Waals surface area contributed by atoms with E-state index >= 15 is 0 Å². The van der Waals surface area contributed by atoms with E-state index in [1.54, 1.807) is 0 Å². The van der Waals surface area contributed by atoms with Crippen LogP contribution in [-0.2, 0) is 13.0 Å². The highest BCUT2D eigenvalue weighted by Crippen LogP contribution is 2.11. The van der Waals surface area contributed by atoms with Gasteiger partial charge in [0, 0.05) is 18.8 Å². The molecule has 0 spiro atoms. The lowest BCUT2D eigenvalue weighted by atomic mass is 10.2. The van der Waals surface area contributed by atoms with Gasteiger partial charge in [0.15, 0.2) is 0 Å². The van der Waals surface area contributed by atoms with Gasteiger partial charge in [-0.3, -0.25) is 9.48 Å². The normalized spacial score (nSPS) is 12.4. The summed E-state index contributed by atoms with van der Waals surface area (Å²) in [5, 5.41) is 11.4. The third kappa shape index (κ3) is 3.87. The van der Waals surface area contributed by atoms with Crippen molar-refractivity contribution in [2.75, 3.05) is 6.54 Å². The summed E-state index contributed by atoms with van der Waals surface area (Å²) in [5.74, 6) is 0.222. The molecule has 21 heavy (non-hydrogen) atoms. The standard InChI is InChI=1S/C14H21N5OS/c1-5-12-13(21-18-16-12)14(20)15-7-9(2)8-19-11(4)6-10(3)17-19/h6,9H,5,7-8H2,1-4H3,(H,15,20). The minimum atomic E-state index is -0.0814. The molecule has 7 heteroatoms. The number of hydrogen-bond acceptors (Lipinski definition) is 5. The fraction of sp³-hybridized carbons (Fsp3) is 0.571. The maximum Gasteiger partial charge on any atom is 0.264 e. The van der Waals surface area contributed by atoms with Gasteiger partial charge in [0.05, 0.1) is 11.4 Å². The average Bonchev–Trinajstić information content (AvgIpc) is 3.03. The van der Waals surface area contributed by atoms with Crippen LogP contribution < -0.4 is 5.32 Å². The largest absolute Gasteiger partial charge is 0.351 e. The summed E-state index contributed by atoms with van der Waals surface area (Å²) in [7, 11) is 0. The van der Waals surface area contributed by atoms with Crippen LogP contribution in [0.15, 0.2) is 6.07 Å². The van der Waals surface area contributed by atoms with Crippen molar-refractivity contribution >= 4 is 17.4 Å². The lowest BCUT2D eigenvalue weighted by Gasteiger charge is -2.13. The molecule has 0 saturated heterocycles. The average molecular weight is 307 g/mol. The molecule has 0 aliphatic rings. The molecule has 0 aliphatic heterocycles. The predicted molar refractivity (Wildman–Crippen MR) is 82.5 cm³/mol. The summed E-state index contributed by atoms with van der Waals surface area (Å²) >= 11 is 1.15. The molecule has 1 N–H and O–H groups in total. The molecular weight excluding hydrogens is 286 g/mol. The Morgan fingerprint density at radius 1 is 1.48 bits per heavy atom. The zero-order valence-electron chi connectivity index (χ0n) is 12.9. The number of aromatic nitrogens is 4. The molecule has 0 fully saturated rings. The van der Waals surface area contributed by atoms with Crippen molar-refractivity contribution in [2.24, 2.45) is 5.92 Å². The van der Waals surface area contributed by atoms with Gasteiger partial charge in [-0.2, -0.15) is 5.10 Å². The highest BCUT2D eigenvalue weighted by Gasteiger charge is 2.16. The van der Waals surface area contributed by atoms with E-state index in [1.807, 2.05) is 25.5 Å². The van der Waals surface area contributed by atoms with Crippen molar-refractivity contribution in [3.63, 3.8) is 0 Å². The van der Waals surface area contributed by atoms with Gasteiger partial charge in [0.1, 0.15) is 4.88 Å². The van der Waals surface area contributed by atoms with Crippen LogP contribution in [0.25, 0.3) is 0 Å². The zero-order valence-corrected chi connectivity index (χ0v) is 13.7. The summed E-state index contributed by atoms with van der Waals surface area (Å²) in [6, 6.07) is 2.06. The van der Waals surface area contributed by atoms with E-state index in [9.17, 15) is 4.79 Å². The van der Waals surface area contributed by atoms with Crippen LogP contribution in [0.3, 0.4) is 0 Å². The minimum Gasteiger partial charge on any atom is -0.351 e. The van der Waals surface area contributed by atoms with Crippen molar-refractivity contribution < 1.29 is 4.79 Å². The van der Waals surface area contributed by atoms with Gasteiger partial charge in [-0.1, -0.05) is 18.3 Å². The molecule has 114 valence electrons. The SMILES string of the molecule is CCc1nnsc1C(=O)NCC(C)Cn1nc(C)cc1C. The Kier molecular flexibility index (Phi) is 5.06. The second kappa shape index (κ2) is 6.80. The minimum absolute atomic E-state index is 0.0814. The van der Waals surface area contributed by atoms with Crippen molar-refractivity contribution in [1.29, 1.82) is 0 Å². The molecule has 2 aromatic heterocycles. The van der Waals surface area contributed by atoms with Gasteiger partial charge in [-0.15, -0.1) is 5.10 Å². The summed E-state index contributed by atoms with van der Waals surface area (Å²) in [5.41, 5.74) is 2.93. The molecule has 1 atom stereocenters.